The monoisotopic (exact) mass is 180 g/mol. The van der Waals surface area contributed by atoms with Gasteiger partial charge < -0.3 is 5.11 Å². The van der Waals surface area contributed by atoms with Crippen LogP contribution in [0.4, 0.5) is 0 Å². The molecule has 1 N–H and O–H groups in total. The van der Waals surface area contributed by atoms with Crippen molar-refractivity contribution in [2.45, 2.75) is 38.2 Å². The highest BCUT2D eigenvalue weighted by Crippen LogP contribution is 2.20. The number of ketones is 1. The summed E-state index contributed by atoms with van der Waals surface area (Å²) in [6.07, 6.45) is 6.99. The first kappa shape index (κ1) is 10.2. The number of unbranched alkanes of at least 4 members (excludes halogenated alkanes) is 1. The first-order valence-corrected chi connectivity index (χ1v) is 4.78. The van der Waals surface area contributed by atoms with Gasteiger partial charge in [0, 0.05) is 12.0 Å². The van der Waals surface area contributed by atoms with E-state index in [4.69, 9.17) is 0 Å². The van der Waals surface area contributed by atoms with E-state index in [0.29, 0.717) is 18.4 Å². The van der Waals surface area contributed by atoms with Crippen LogP contribution in [0.3, 0.4) is 0 Å². The molecule has 1 unspecified atom stereocenters. The second-order valence-corrected chi connectivity index (χ2v) is 3.36. The van der Waals surface area contributed by atoms with Crippen molar-refractivity contribution in [2.24, 2.45) is 0 Å². The van der Waals surface area contributed by atoms with Gasteiger partial charge in [0.1, 0.15) is 0 Å². The summed E-state index contributed by atoms with van der Waals surface area (Å²) < 4.78 is 0. The lowest BCUT2D eigenvalue weighted by Crippen LogP contribution is -2.14. The summed E-state index contributed by atoms with van der Waals surface area (Å²) in [5.74, 6) is 0.117. The van der Waals surface area contributed by atoms with Crippen LogP contribution < -0.4 is 0 Å². The Morgan fingerprint density at radius 2 is 2.46 bits per heavy atom. The van der Waals surface area contributed by atoms with Crippen molar-refractivity contribution < 1.29 is 9.90 Å². The maximum absolute atomic E-state index is 11.2. The van der Waals surface area contributed by atoms with Crippen LogP contribution in [-0.2, 0) is 4.79 Å². The number of hydrogen-bond acceptors (Lipinski definition) is 2. The van der Waals surface area contributed by atoms with E-state index in [1.54, 1.807) is 0 Å². The molecule has 0 aliphatic heterocycles. The van der Waals surface area contributed by atoms with E-state index < -0.39 is 6.10 Å². The van der Waals surface area contributed by atoms with Crippen LogP contribution in [0.1, 0.15) is 32.1 Å². The van der Waals surface area contributed by atoms with Gasteiger partial charge in [0.25, 0.3) is 0 Å². The molecule has 0 amide bonds. The summed E-state index contributed by atoms with van der Waals surface area (Å²) >= 11 is 0. The van der Waals surface area contributed by atoms with Gasteiger partial charge in [-0.05, 0) is 25.7 Å². The molecule has 0 aromatic heterocycles. The molecule has 0 bridgehead atoms. The van der Waals surface area contributed by atoms with Crippen molar-refractivity contribution in [1.29, 1.82) is 0 Å². The molecule has 0 saturated carbocycles. The van der Waals surface area contributed by atoms with Crippen LogP contribution in [0.2, 0.25) is 0 Å². The molecule has 1 atom stereocenters. The molecule has 1 aliphatic carbocycles. The normalized spacial score (nSPS) is 18.5. The van der Waals surface area contributed by atoms with Crippen molar-refractivity contribution in [3.63, 3.8) is 0 Å². The van der Waals surface area contributed by atoms with Crippen LogP contribution >= 0.6 is 0 Å². The van der Waals surface area contributed by atoms with E-state index in [1.165, 1.54) is 0 Å². The Morgan fingerprint density at radius 1 is 1.69 bits per heavy atom. The zero-order valence-electron chi connectivity index (χ0n) is 7.83. The number of Topliss-reactive ketones (excluding diaryl/α,β-unsaturated/α-hetero) is 1. The molecule has 0 spiro atoms. The Balaban J connectivity index is 2.34. The van der Waals surface area contributed by atoms with Gasteiger partial charge in [-0.25, -0.2) is 0 Å². The predicted octanol–water partition coefficient (Wildman–Crippen LogP) is 1.99. The standard InChI is InChI=1S/C11H16O2/c1-2-3-4-7-10(12)9-6-5-8-11(9)13/h2,6,10,12H,1,3-5,7-8H2. The van der Waals surface area contributed by atoms with Crippen molar-refractivity contribution in [3.8, 4) is 0 Å². The van der Waals surface area contributed by atoms with Crippen LogP contribution in [-0.4, -0.2) is 17.0 Å². The van der Waals surface area contributed by atoms with Crippen molar-refractivity contribution in [1.82, 2.24) is 0 Å². The van der Waals surface area contributed by atoms with E-state index in [-0.39, 0.29) is 5.78 Å². The maximum atomic E-state index is 11.2. The lowest BCUT2D eigenvalue weighted by Gasteiger charge is -2.09. The zero-order valence-corrected chi connectivity index (χ0v) is 7.83. The van der Waals surface area contributed by atoms with Crippen molar-refractivity contribution in [3.05, 3.63) is 24.3 Å². The SMILES string of the molecule is C=CCCCC(O)C1=CCCC1=O. The minimum atomic E-state index is -0.546. The van der Waals surface area contributed by atoms with Crippen LogP contribution in [0.5, 0.6) is 0 Å². The second-order valence-electron chi connectivity index (χ2n) is 3.36. The van der Waals surface area contributed by atoms with Gasteiger partial charge >= 0.3 is 0 Å². The smallest absolute Gasteiger partial charge is 0.161 e. The molecule has 0 aromatic rings. The third-order valence-electron chi connectivity index (χ3n) is 2.30. The third kappa shape index (κ3) is 2.81. The summed E-state index contributed by atoms with van der Waals surface area (Å²) in [6.45, 7) is 3.61. The fourth-order valence-electron chi connectivity index (χ4n) is 1.55. The average Bonchev–Trinajstić information content (AvgIpc) is 2.52. The lowest BCUT2D eigenvalue weighted by molar-refractivity contribution is -0.115. The third-order valence-corrected chi connectivity index (χ3v) is 2.30. The number of carbonyl (C=O) groups excluding carboxylic acids is 1. The fourth-order valence-corrected chi connectivity index (χ4v) is 1.55. The molecule has 0 aromatic carbocycles. The molecule has 1 aliphatic rings. The Hall–Kier alpha value is -0.890. The second kappa shape index (κ2) is 4.97. The van der Waals surface area contributed by atoms with E-state index in [0.717, 1.165) is 19.3 Å². The highest BCUT2D eigenvalue weighted by atomic mass is 16.3. The van der Waals surface area contributed by atoms with E-state index in [9.17, 15) is 9.90 Å². The Bertz CT molecular complexity index is 228. The largest absolute Gasteiger partial charge is 0.388 e. The lowest BCUT2D eigenvalue weighted by atomic mass is 10.0. The molecule has 0 heterocycles. The summed E-state index contributed by atoms with van der Waals surface area (Å²) in [5.41, 5.74) is 0.629. The number of hydrogen-bond donors (Lipinski definition) is 1. The first-order chi connectivity index (χ1) is 6.25. The molecule has 1 rings (SSSR count). The van der Waals surface area contributed by atoms with Gasteiger partial charge in [-0.2, -0.15) is 0 Å². The van der Waals surface area contributed by atoms with Crippen LogP contribution in [0, 0.1) is 0 Å². The number of rotatable bonds is 5. The van der Waals surface area contributed by atoms with Gasteiger partial charge in [-0.15, -0.1) is 6.58 Å². The maximum Gasteiger partial charge on any atom is 0.161 e. The Labute approximate surface area is 79.0 Å². The summed E-state index contributed by atoms with van der Waals surface area (Å²) in [5, 5.41) is 9.62. The molecule has 0 radical (unpaired) electrons. The average molecular weight is 180 g/mol. The number of allylic oxidation sites excluding steroid dienone is 2. The van der Waals surface area contributed by atoms with E-state index in [2.05, 4.69) is 6.58 Å². The van der Waals surface area contributed by atoms with Crippen LogP contribution in [0.25, 0.3) is 0 Å². The fraction of sp³-hybridized carbons (Fsp3) is 0.545. The summed E-state index contributed by atoms with van der Waals surface area (Å²) in [7, 11) is 0. The van der Waals surface area contributed by atoms with Gasteiger partial charge in [0.2, 0.25) is 0 Å². The Morgan fingerprint density at radius 3 is 3.00 bits per heavy atom. The van der Waals surface area contributed by atoms with Crippen molar-refractivity contribution in [2.75, 3.05) is 0 Å². The summed E-state index contributed by atoms with van der Waals surface area (Å²) in [6, 6.07) is 0. The van der Waals surface area contributed by atoms with Gasteiger partial charge in [-0.1, -0.05) is 12.2 Å². The first-order valence-electron chi connectivity index (χ1n) is 4.78. The van der Waals surface area contributed by atoms with Crippen LogP contribution in [0.15, 0.2) is 24.3 Å². The molecular weight excluding hydrogens is 164 g/mol. The number of carbonyl (C=O) groups is 1. The molecule has 0 fully saturated rings. The van der Waals surface area contributed by atoms with E-state index in [1.807, 2.05) is 12.2 Å². The zero-order chi connectivity index (χ0) is 9.68. The van der Waals surface area contributed by atoms with Gasteiger partial charge in [0.05, 0.1) is 6.10 Å². The molecular formula is C11H16O2. The minimum Gasteiger partial charge on any atom is -0.388 e. The molecule has 2 heteroatoms. The quantitative estimate of drug-likeness (QED) is 0.519. The molecule has 13 heavy (non-hydrogen) atoms. The minimum absolute atomic E-state index is 0.117. The molecule has 2 nitrogen and oxygen atoms in total. The predicted molar refractivity (Wildman–Crippen MR) is 52.4 cm³/mol. The summed E-state index contributed by atoms with van der Waals surface area (Å²) in [4.78, 5) is 11.2. The highest BCUT2D eigenvalue weighted by Gasteiger charge is 2.21. The van der Waals surface area contributed by atoms with Crippen molar-refractivity contribution >= 4 is 5.78 Å². The van der Waals surface area contributed by atoms with Gasteiger partial charge in [-0.3, -0.25) is 4.79 Å². The number of aliphatic hydroxyl groups excluding tert-OH is 1. The molecule has 72 valence electrons. The topological polar surface area (TPSA) is 37.3 Å². The Kier molecular flexibility index (Phi) is 3.90. The molecule has 0 saturated heterocycles. The number of aliphatic hydroxyl groups is 1. The highest BCUT2D eigenvalue weighted by molar-refractivity contribution is 5.98. The van der Waals surface area contributed by atoms with E-state index >= 15 is 0 Å². The van der Waals surface area contributed by atoms with Gasteiger partial charge in [0.15, 0.2) is 5.78 Å².